The molecule has 0 bridgehead atoms. The van der Waals surface area contributed by atoms with Gasteiger partial charge in [-0.15, -0.1) is 0 Å². The van der Waals surface area contributed by atoms with Crippen LogP contribution < -0.4 is 15.4 Å². The molecule has 1 saturated heterocycles. The zero-order valence-electron chi connectivity index (χ0n) is 16.5. The highest BCUT2D eigenvalue weighted by atomic mass is 16.5. The van der Waals surface area contributed by atoms with Gasteiger partial charge in [-0.3, -0.25) is 0 Å². The molecule has 0 amide bonds. The molecule has 1 aliphatic rings. The quantitative estimate of drug-likeness (QED) is 0.329. The van der Waals surface area contributed by atoms with Gasteiger partial charge in [0.15, 0.2) is 17.5 Å². The first kappa shape index (κ1) is 21.3. The molecule has 0 atom stereocenters. The van der Waals surface area contributed by atoms with Crippen molar-refractivity contribution in [2.75, 3.05) is 46.6 Å². The molecule has 7 heteroatoms. The Bertz CT molecular complexity index is 574. The maximum Gasteiger partial charge on any atom is 0.191 e. The predicted octanol–water partition coefficient (Wildman–Crippen LogP) is 2.29. The summed E-state index contributed by atoms with van der Waals surface area (Å²) >= 11 is 0. The summed E-state index contributed by atoms with van der Waals surface area (Å²) in [4.78, 5) is 4.56. The second-order valence-electron chi connectivity index (χ2n) is 6.61. The zero-order valence-corrected chi connectivity index (χ0v) is 16.5. The molecule has 1 aromatic carbocycles. The molecule has 27 heavy (non-hydrogen) atoms. The standard InChI is InChI=1S/C20H33N3O4/c1-3-21-20(23-14-17-5-6-19(25-2)18(24)13-17)22-9-4-10-27-15-16-7-11-26-12-8-16/h5-6,13,16,24H,3-4,7-12,14-15H2,1-2H3,(H2,21,22,23). The van der Waals surface area contributed by atoms with Crippen LogP contribution in [-0.2, 0) is 16.0 Å². The largest absolute Gasteiger partial charge is 0.504 e. The Labute approximate surface area is 162 Å². The number of rotatable bonds is 10. The number of aliphatic imine (C=N–C) groups is 1. The zero-order chi connectivity index (χ0) is 19.3. The lowest BCUT2D eigenvalue weighted by molar-refractivity contribution is 0.0203. The van der Waals surface area contributed by atoms with E-state index in [0.29, 0.717) is 18.2 Å². The third-order valence-electron chi connectivity index (χ3n) is 4.46. The van der Waals surface area contributed by atoms with Crippen LogP contribution in [0.2, 0.25) is 0 Å². The maximum absolute atomic E-state index is 9.85. The lowest BCUT2D eigenvalue weighted by Gasteiger charge is -2.21. The van der Waals surface area contributed by atoms with Gasteiger partial charge in [0.05, 0.1) is 13.7 Å². The van der Waals surface area contributed by atoms with E-state index in [4.69, 9.17) is 14.2 Å². The normalized spacial score (nSPS) is 15.6. The van der Waals surface area contributed by atoms with Gasteiger partial charge >= 0.3 is 0 Å². The van der Waals surface area contributed by atoms with Crippen LogP contribution in [0.1, 0.15) is 31.7 Å². The van der Waals surface area contributed by atoms with Crippen LogP contribution in [0.25, 0.3) is 0 Å². The van der Waals surface area contributed by atoms with E-state index >= 15 is 0 Å². The fraction of sp³-hybridized carbons (Fsp3) is 0.650. The molecule has 1 fully saturated rings. The number of aromatic hydroxyl groups is 1. The van der Waals surface area contributed by atoms with Gasteiger partial charge in [-0.1, -0.05) is 6.07 Å². The maximum atomic E-state index is 9.85. The van der Waals surface area contributed by atoms with Crippen molar-refractivity contribution in [2.45, 2.75) is 32.7 Å². The molecule has 0 aromatic heterocycles. The van der Waals surface area contributed by atoms with E-state index in [1.165, 1.54) is 7.11 Å². The van der Waals surface area contributed by atoms with Gasteiger partial charge < -0.3 is 30.0 Å². The highest BCUT2D eigenvalue weighted by molar-refractivity contribution is 5.79. The Morgan fingerprint density at radius 3 is 2.81 bits per heavy atom. The molecular weight excluding hydrogens is 346 g/mol. The lowest BCUT2D eigenvalue weighted by atomic mass is 10.0. The smallest absolute Gasteiger partial charge is 0.191 e. The fourth-order valence-corrected chi connectivity index (χ4v) is 2.89. The summed E-state index contributed by atoms with van der Waals surface area (Å²) in [6.45, 7) is 7.41. The van der Waals surface area contributed by atoms with Crippen molar-refractivity contribution in [3.8, 4) is 11.5 Å². The van der Waals surface area contributed by atoms with Crippen LogP contribution in [-0.4, -0.2) is 57.7 Å². The number of hydrogen-bond acceptors (Lipinski definition) is 5. The SMILES string of the molecule is CCNC(=NCc1ccc(OC)c(O)c1)NCCCOCC1CCOCC1. The minimum absolute atomic E-state index is 0.129. The number of guanidine groups is 1. The number of phenolic OH excluding ortho intramolecular Hbond substituents is 1. The van der Waals surface area contributed by atoms with Crippen molar-refractivity contribution in [1.29, 1.82) is 0 Å². The number of nitrogens with zero attached hydrogens (tertiary/aromatic N) is 1. The average molecular weight is 380 g/mol. The summed E-state index contributed by atoms with van der Waals surface area (Å²) < 4.78 is 16.2. The average Bonchev–Trinajstić information content (AvgIpc) is 2.69. The van der Waals surface area contributed by atoms with E-state index < -0.39 is 0 Å². The van der Waals surface area contributed by atoms with Gasteiger partial charge in [0, 0.05) is 39.5 Å². The van der Waals surface area contributed by atoms with E-state index in [0.717, 1.165) is 70.3 Å². The third-order valence-corrected chi connectivity index (χ3v) is 4.46. The minimum Gasteiger partial charge on any atom is -0.504 e. The molecule has 2 rings (SSSR count). The van der Waals surface area contributed by atoms with E-state index in [1.54, 1.807) is 12.1 Å². The molecule has 0 unspecified atom stereocenters. The second-order valence-corrected chi connectivity index (χ2v) is 6.61. The van der Waals surface area contributed by atoms with E-state index in [2.05, 4.69) is 15.6 Å². The van der Waals surface area contributed by atoms with Crippen LogP contribution in [0.5, 0.6) is 11.5 Å². The second kappa shape index (κ2) is 12.4. The van der Waals surface area contributed by atoms with Crippen LogP contribution in [0, 0.1) is 5.92 Å². The molecule has 152 valence electrons. The summed E-state index contributed by atoms with van der Waals surface area (Å²) in [5, 5.41) is 16.4. The molecule has 1 aromatic rings. The highest BCUT2D eigenvalue weighted by Gasteiger charge is 2.13. The van der Waals surface area contributed by atoms with Crippen LogP contribution in [0.15, 0.2) is 23.2 Å². The van der Waals surface area contributed by atoms with Crippen LogP contribution in [0.3, 0.4) is 0 Å². The summed E-state index contributed by atoms with van der Waals surface area (Å²) in [5.41, 5.74) is 0.922. The Morgan fingerprint density at radius 1 is 1.30 bits per heavy atom. The molecule has 7 nitrogen and oxygen atoms in total. The van der Waals surface area contributed by atoms with Crippen molar-refractivity contribution < 1.29 is 19.3 Å². The number of benzene rings is 1. The number of methoxy groups -OCH3 is 1. The molecule has 1 aliphatic heterocycles. The Morgan fingerprint density at radius 2 is 2.11 bits per heavy atom. The molecule has 0 spiro atoms. The molecule has 0 saturated carbocycles. The Hall–Kier alpha value is -1.99. The number of hydrogen-bond donors (Lipinski definition) is 3. The van der Waals surface area contributed by atoms with Gasteiger partial charge in [0.25, 0.3) is 0 Å². The van der Waals surface area contributed by atoms with Gasteiger partial charge in [-0.25, -0.2) is 4.99 Å². The minimum atomic E-state index is 0.129. The van der Waals surface area contributed by atoms with Crippen LogP contribution >= 0.6 is 0 Å². The topological polar surface area (TPSA) is 84.3 Å². The van der Waals surface area contributed by atoms with Gasteiger partial charge in [0.2, 0.25) is 0 Å². The van der Waals surface area contributed by atoms with Gasteiger partial charge in [-0.05, 0) is 49.8 Å². The molecular formula is C20H33N3O4. The fourth-order valence-electron chi connectivity index (χ4n) is 2.89. The first-order valence-corrected chi connectivity index (χ1v) is 9.76. The van der Waals surface area contributed by atoms with Gasteiger partial charge in [-0.2, -0.15) is 0 Å². The molecule has 0 aliphatic carbocycles. The van der Waals surface area contributed by atoms with Crippen molar-refractivity contribution in [1.82, 2.24) is 10.6 Å². The van der Waals surface area contributed by atoms with E-state index in [1.807, 2.05) is 13.0 Å². The summed E-state index contributed by atoms with van der Waals surface area (Å²) in [6.07, 6.45) is 3.14. The van der Waals surface area contributed by atoms with Crippen molar-refractivity contribution >= 4 is 5.96 Å². The molecule has 3 N–H and O–H groups in total. The number of nitrogens with one attached hydrogen (secondary N) is 2. The summed E-state index contributed by atoms with van der Waals surface area (Å²) in [7, 11) is 1.54. The third kappa shape index (κ3) is 8.05. The molecule has 0 radical (unpaired) electrons. The first-order valence-electron chi connectivity index (χ1n) is 9.76. The van der Waals surface area contributed by atoms with Gasteiger partial charge in [0.1, 0.15) is 0 Å². The number of phenols is 1. The van der Waals surface area contributed by atoms with E-state index in [9.17, 15) is 5.11 Å². The lowest BCUT2D eigenvalue weighted by Crippen LogP contribution is -2.38. The van der Waals surface area contributed by atoms with Crippen molar-refractivity contribution in [2.24, 2.45) is 10.9 Å². The number of ether oxygens (including phenoxy) is 3. The van der Waals surface area contributed by atoms with E-state index in [-0.39, 0.29) is 5.75 Å². The Balaban J connectivity index is 1.67. The monoisotopic (exact) mass is 379 g/mol. The molecule has 1 heterocycles. The van der Waals surface area contributed by atoms with Crippen LogP contribution in [0.4, 0.5) is 0 Å². The first-order chi connectivity index (χ1) is 13.2. The Kier molecular flexibility index (Phi) is 9.79. The highest BCUT2D eigenvalue weighted by Crippen LogP contribution is 2.26. The summed E-state index contributed by atoms with van der Waals surface area (Å²) in [6, 6.07) is 5.32. The predicted molar refractivity (Wildman–Crippen MR) is 106 cm³/mol. The summed E-state index contributed by atoms with van der Waals surface area (Å²) in [5.74, 6) is 2.00. The van der Waals surface area contributed by atoms with Crippen molar-refractivity contribution in [3.05, 3.63) is 23.8 Å². The van der Waals surface area contributed by atoms with Crippen molar-refractivity contribution in [3.63, 3.8) is 0 Å².